The molecular weight excluding hydrogens is 274 g/mol. The fourth-order valence-electron chi connectivity index (χ4n) is 2.42. The van der Waals surface area contributed by atoms with E-state index in [2.05, 4.69) is 21.7 Å². The van der Waals surface area contributed by atoms with E-state index in [-0.39, 0.29) is 16.8 Å². The molecular formula is C14H15N3O2S. The minimum atomic E-state index is -0.315. The monoisotopic (exact) mass is 289 g/mol. The lowest BCUT2D eigenvalue weighted by molar-refractivity contribution is -0.123. The third-order valence-corrected chi connectivity index (χ3v) is 4.11. The van der Waals surface area contributed by atoms with Gasteiger partial charge < -0.3 is 15.6 Å². The molecule has 20 heavy (non-hydrogen) atoms. The summed E-state index contributed by atoms with van der Waals surface area (Å²) in [5, 5.41) is 7.82. The number of hydrogen-bond acceptors (Lipinski definition) is 4. The molecule has 1 unspecified atom stereocenters. The average Bonchev–Trinajstić information content (AvgIpc) is 2.90. The molecule has 5 nitrogen and oxygen atoms in total. The Morgan fingerprint density at radius 3 is 3.05 bits per heavy atom. The second-order valence-electron chi connectivity index (χ2n) is 4.73. The van der Waals surface area contributed by atoms with Crippen LogP contribution >= 0.6 is 11.3 Å². The maximum atomic E-state index is 12.3. The summed E-state index contributed by atoms with van der Waals surface area (Å²) in [5.41, 5.74) is 2.99. The number of hydrogen-bond donors (Lipinski definition) is 3. The molecule has 0 saturated carbocycles. The first-order valence-electron chi connectivity index (χ1n) is 6.49. The predicted molar refractivity (Wildman–Crippen MR) is 77.7 cm³/mol. The van der Waals surface area contributed by atoms with Crippen molar-refractivity contribution in [3.63, 3.8) is 0 Å². The molecule has 1 aliphatic heterocycles. The van der Waals surface area contributed by atoms with Gasteiger partial charge in [-0.05, 0) is 17.5 Å². The van der Waals surface area contributed by atoms with E-state index in [4.69, 9.17) is 0 Å². The van der Waals surface area contributed by atoms with Crippen molar-refractivity contribution in [2.75, 3.05) is 6.54 Å². The molecule has 1 aromatic carbocycles. The largest absolute Gasteiger partial charge is 0.349 e. The fraction of sp³-hybridized carbons (Fsp3) is 0.286. The van der Waals surface area contributed by atoms with E-state index in [9.17, 15) is 9.59 Å². The van der Waals surface area contributed by atoms with E-state index in [0.717, 1.165) is 35.6 Å². The SMILES string of the molecule is O=C(NCc1csc(=O)[nH]1)C1NCCc2ccccc21. The van der Waals surface area contributed by atoms with Crippen LogP contribution in [0.3, 0.4) is 0 Å². The second-order valence-corrected chi connectivity index (χ2v) is 5.57. The van der Waals surface area contributed by atoms with Crippen molar-refractivity contribution in [2.24, 2.45) is 0 Å². The number of thiazole rings is 1. The molecule has 2 heterocycles. The lowest BCUT2D eigenvalue weighted by Crippen LogP contribution is -2.41. The number of fused-ring (bicyclic) bond motifs is 1. The number of nitrogens with one attached hydrogen (secondary N) is 3. The van der Waals surface area contributed by atoms with Crippen LogP contribution in [0.15, 0.2) is 34.4 Å². The first kappa shape index (κ1) is 13.1. The van der Waals surface area contributed by atoms with Crippen molar-refractivity contribution < 1.29 is 4.79 Å². The highest BCUT2D eigenvalue weighted by molar-refractivity contribution is 7.07. The van der Waals surface area contributed by atoms with E-state index in [0.29, 0.717) is 6.54 Å². The van der Waals surface area contributed by atoms with Gasteiger partial charge >= 0.3 is 4.87 Å². The van der Waals surface area contributed by atoms with Crippen molar-refractivity contribution in [1.29, 1.82) is 0 Å². The van der Waals surface area contributed by atoms with Gasteiger partial charge in [-0.1, -0.05) is 35.6 Å². The number of aromatic amines is 1. The number of rotatable bonds is 3. The highest BCUT2D eigenvalue weighted by atomic mass is 32.1. The molecule has 6 heteroatoms. The molecule has 0 bridgehead atoms. The minimum absolute atomic E-state index is 0.0656. The summed E-state index contributed by atoms with van der Waals surface area (Å²) in [4.78, 5) is 25.9. The van der Waals surface area contributed by atoms with Gasteiger partial charge in [-0.25, -0.2) is 0 Å². The van der Waals surface area contributed by atoms with E-state index in [1.165, 1.54) is 5.56 Å². The van der Waals surface area contributed by atoms with Gasteiger partial charge in [0.05, 0.1) is 6.54 Å². The van der Waals surface area contributed by atoms with E-state index < -0.39 is 0 Å². The Balaban J connectivity index is 1.70. The van der Waals surface area contributed by atoms with Crippen molar-refractivity contribution >= 4 is 17.2 Å². The Morgan fingerprint density at radius 1 is 1.40 bits per heavy atom. The molecule has 0 saturated heterocycles. The van der Waals surface area contributed by atoms with Crippen LogP contribution in [-0.2, 0) is 17.8 Å². The Hall–Kier alpha value is -1.92. The molecule has 3 rings (SSSR count). The number of carbonyl (C=O) groups is 1. The van der Waals surface area contributed by atoms with Crippen LogP contribution in [0.25, 0.3) is 0 Å². The zero-order valence-corrected chi connectivity index (χ0v) is 11.6. The molecule has 3 N–H and O–H groups in total. The summed E-state index contributed by atoms with van der Waals surface area (Å²) < 4.78 is 0. The number of benzene rings is 1. The maximum Gasteiger partial charge on any atom is 0.304 e. The van der Waals surface area contributed by atoms with Gasteiger partial charge in [0.2, 0.25) is 5.91 Å². The smallest absolute Gasteiger partial charge is 0.304 e. The molecule has 1 amide bonds. The van der Waals surface area contributed by atoms with Crippen molar-refractivity contribution in [2.45, 2.75) is 19.0 Å². The lowest BCUT2D eigenvalue weighted by Gasteiger charge is -2.25. The predicted octanol–water partition coefficient (Wildman–Crippen LogP) is 0.940. The zero-order valence-electron chi connectivity index (χ0n) is 10.8. The van der Waals surface area contributed by atoms with Crippen LogP contribution in [0.1, 0.15) is 22.9 Å². The van der Waals surface area contributed by atoms with Crippen LogP contribution in [0.2, 0.25) is 0 Å². The lowest BCUT2D eigenvalue weighted by atomic mass is 9.94. The van der Waals surface area contributed by atoms with Gasteiger partial charge in [-0.15, -0.1) is 0 Å². The van der Waals surface area contributed by atoms with Crippen LogP contribution < -0.4 is 15.5 Å². The minimum Gasteiger partial charge on any atom is -0.349 e. The highest BCUT2D eigenvalue weighted by Crippen LogP contribution is 2.22. The Kier molecular flexibility index (Phi) is 3.66. The first-order valence-corrected chi connectivity index (χ1v) is 7.37. The molecule has 0 fully saturated rings. The van der Waals surface area contributed by atoms with Gasteiger partial charge in [-0.3, -0.25) is 9.59 Å². The van der Waals surface area contributed by atoms with Gasteiger partial charge in [0.15, 0.2) is 0 Å². The fourth-order valence-corrected chi connectivity index (χ4v) is 3.01. The molecule has 2 aromatic rings. The normalized spacial score (nSPS) is 17.5. The number of aromatic nitrogens is 1. The molecule has 1 aliphatic rings. The Morgan fingerprint density at radius 2 is 2.25 bits per heavy atom. The number of H-pyrrole nitrogens is 1. The number of carbonyl (C=O) groups excluding carboxylic acids is 1. The Labute approximate surface area is 120 Å². The summed E-state index contributed by atoms with van der Waals surface area (Å²) in [6, 6.07) is 7.67. The summed E-state index contributed by atoms with van der Waals surface area (Å²) in [6.45, 7) is 1.14. The van der Waals surface area contributed by atoms with E-state index >= 15 is 0 Å². The van der Waals surface area contributed by atoms with Crippen LogP contribution in [-0.4, -0.2) is 17.4 Å². The van der Waals surface area contributed by atoms with Crippen molar-refractivity contribution in [3.05, 3.63) is 56.1 Å². The van der Waals surface area contributed by atoms with Gasteiger partial charge in [-0.2, -0.15) is 0 Å². The van der Waals surface area contributed by atoms with E-state index in [1.807, 2.05) is 18.2 Å². The topological polar surface area (TPSA) is 74.0 Å². The van der Waals surface area contributed by atoms with Gasteiger partial charge in [0.1, 0.15) is 6.04 Å². The summed E-state index contributed by atoms with van der Waals surface area (Å²) >= 11 is 1.10. The van der Waals surface area contributed by atoms with Crippen molar-refractivity contribution in [3.8, 4) is 0 Å². The van der Waals surface area contributed by atoms with Gasteiger partial charge in [0.25, 0.3) is 0 Å². The molecule has 1 atom stereocenters. The van der Waals surface area contributed by atoms with Gasteiger partial charge in [0, 0.05) is 17.6 Å². The molecule has 1 aromatic heterocycles. The van der Waals surface area contributed by atoms with Crippen LogP contribution in [0.4, 0.5) is 0 Å². The number of amides is 1. The van der Waals surface area contributed by atoms with Crippen LogP contribution in [0.5, 0.6) is 0 Å². The second kappa shape index (κ2) is 5.60. The summed E-state index contributed by atoms with van der Waals surface area (Å²) in [7, 11) is 0. The third-order valence-electron chi connectivity index (χ3n) is 3.39. The molecule has 0 radical (unpaired) electrons. The zero-order chi connectivity index (χ0) is 13.9. The first-order chi connectivity index (χ1) is 9.74. The maximum absolute atomic E-state index is 12.3. The highest BCUT2D eigenvalue weighted by Gasteiger charge is 2.25. The average molecular weight is 289 g/mol. The summed E-state index contributed by atoms with van der Waals surface area (Å²) in [5.74, 6) is -0.0656. The van der Waals surface area contributed by atoms with E-state index in [1.54, 1.807) is 5.38 Å². The quantitative estimate of drug-likeness (QED) is 0.787. The molecule has 0 aliphatic carbocycles. The summed E-state index contributed by atoms with van der Waals surface area (Å²) in [6.07, 6.45) is 0.942. The standard InChI is InChI=1S/C14H15N3O2S/c18-13(16-7-10-8-20-14(19)17-10)12-11-4-2-1-3-9(11)5-6-15-12/h1-4,8,12,15H,5-7H2,(H,16,18)(H,17,19). The Bertz CT molecular complexity index is 677. The third kappa shape index (κ3) is 2.66. The molecule has 0 spiro atoms. The van der Waals surface area contributed by atoms with Crippen LogP contribution in [0, 0.1) is 0 Å². The molecule has 104 valence electrons. The van der Waals surface area contributed by atoms with Crippen molar-refractivity contribution in [1.82, 2.24) is 15.6 Å².